The van der Waals surface area contributed by atoms with Gasteiger partial charge in [-0.25, -0.2) is 4.79 Å². The van der Waals surface area contributed by atoms with E-state index in [0.717, 1.165) is 18.5 Å². The lowest BCUT2D eigenvalue weighted by Gasteiger charge is -2.39. The van der Waals surface area contributed by atoms with Crippen molar-refractivity contribution >= 4 is 23.8 Å². The Bertz CT molecular complexity index is 834. The molecular formula is C21H28N4O5. The molecule has 0 spiro atoms. The van der Waals surface area contributed by atoms with E-state index >= 15 is 0 Å². The van der Waals surface area contributed by atoms with Crippen LogP contribution in [0.25, 0.3) is 0 Å². The number of likely N-dealkylation sites (tertiary alicyclic amines) is 2. The molecule has 9 heteroatoms. The minimum atomic E-state index is -0.537. The first-order valence-corrected chi connectivity index (χ1v) is 10.6. The lowest BCUT2D eigenvalue weighted by Crippen LogP contribution is -2.50. The number of carbonyl (C=O) groups is 4. The highest BCUT2D eigenvalue weighted by Gasteiger charge is 2.37. The highest BCUT2D eigenvalue weighted by molar-refractivity contribution is 5.94. The maximum Gasteiger partial charge on any atom is 0.329 e. The summed E-state index contributed by atoms with van der Waals surface area (Å²) in [5, 5.41) is 0. The third kappa shape index (κ3) is 3.93. The van der Waals surface area contributed by atoms with Crippen molar-refractivity contribution in [2.75, 3.05) is 33.3 Å². The van der Waals surface area contributed by atoms with Crippen molar-refractivity contribution in [3.05, 3.63) is 24.0 Å². The number of piperidine rings is 2. The van der Waals surface area contributed by atoms with Crippen LogP contribution in [-0.4, -0.2) is 82.4 Å². The molecule has 3 aliphatic rings. The number of nitrogens with zero attached hydrogens (tertiary/aromatic N) is 4. The summed E-state index contributed by atoms with van der Waals surface area (Å²) in [5.74, 6) is -0.718. The van der Waals surface area contributed by atoms with Gasteiger partial charge in [0.15, 0.2) is 0 Å². The fourth-order valence-electron chi connectivity index (χ4n) is 4.74. The highest BCUT2D eigenvalue weighted by atomic mass is 16.5. The number of carbonyl (C=O) groups excluding carboxylic acids is 4. The van der Waals surface area contributed by atoms with Gasteiger partial charge in [-0.2, -0.15) is 0 Å². The largest absolute Gasteiger partial charge is 0.469 e. The molecular weight excluding hydrogens is 388 g/mol. The molecule has 0 radical (unpaired) electrons. The van der Waals surface area contributed by atoms with Crippen LogP contribution in [-0.2, 0) is 25.7 Å². The lowest BCUT2D eigenvalue weighted by atomic mass is 9.93. The van der Waals surface area contributed by atoms with Gasteiger partial charge in [-0.1, -0.05) is 0 Å². The van der Waals surface area contributed by atoms with Crippen LogP contribution < -0.4 is 0 Å². The third-order valence-corrected chi connectivity index (χ3v) is 6.55. The van der Waals surface area contributed by atoms with E-state index < -0.39 is 5.97 Å². The van der Waals surface area contributed by atoms with E-state index in [1.54, 1.807) is 15.7 Å². The monoisotopic (exact) mass is 416 g/mol. The Hall–Kier alpha value is -2.84. The molecule has 4 rings (SSSR count). The number of esters is 1. The second-order valence-electron chi connectivity index (χ2n) is 8.24. The zero-order chi connectivity index (χ0) is 21.3. The second-order valence-corrected chi connectivity index (χ2v) is 8.24. The molecule has 0 unspecified atom stereocenters. The molecule has 2 fully saturated rings. The summed E-state index contributed by atoms with van der Waals surface area (Å²) in [7, 11) is 1.26. The molecule has 0 saturated carbocycles. The van der Waals surface area contributed by atoms with Crippen molar-refractivity contribution in [3.8, 4) is 0 Å². The molecule has 3 amide bonds. The van der Waals surface area contributed by atoms with Crippen molar-refractivity contribution in [1.82, 2.24) is 19.3 Å². The molecule has 1 aromatic rings. The summed E-state index contributed by atoms with van der Waals surface area (Å²) in [6.07, 6.45) is 4.37. The summed E-state index contributed by atoms with van der Waals surface area (Å²) in [6.45, 7) is 2.93. The molecule has 3 aliphatic heterocycles. The van der Waals surface area contributed by atoms with E-state index in [-0.39, 0.29) is 36.2 Å². The number of ether oxygens (including phenoxy) is 1. The Kier molecular flexibility index (Phi) is 5.78. The topological polar surface area (TPSA) is 92.2 Å². The van der Waals surface area contributed by atoms with Crippen LogP contribution in [0.3, 0.4) is 0 Å². The van der Waals surface area contributed by atoms with E-state index in [9.17, 15) is 19.2 Å². The smallest absolute Gasteiger partial charge is 0.329 e. The summed E-state index contributed by atoms with van der Waals surface area (Å²) < 4.78 is 6.24. The van der Waals surface area contributed by atoms with Crippen LogP contribution >= 0.6 is 0 Å². The van der Waals surface area contributed by atoms with Gasteiger partial charge >= 0.3 is 12.0 Å². The predicted octanol–water partition coefficient (Wildman–Crippen LogP) is 1.06. The Morgan fingerprint density at radius 2 is 1.70 bits per heavy atom. The van der Waals surface area contributed by atoms with Crippen molar-refractivity contribution < 1.29 is 23.9 Å². The quantitative estimate of drug-likeness (QED) is 0.541. The first-order chi connectivity index (χ1) is 14.5. The van der Waals surface area contributed by atoms with Crippen LogP contribution in [0.5, 0.6) is 0 Å². The zero-order valence-corrected chi connectivity index (χ0v) is 17.3. The van der Waals surface area contributed by atoms with Gasteiger partial charge in [0, 0.05) is 50.0 Å². The fourth-order valence-corrected chi connectivity index (χ4v) is 4.74. The number of amides is 3. The first kappa shape index (κ1) is 20.4. The predicted molar refractivity (Wildman–Crippen MR) is 106 cm³/mol. The van der Waals surface area contributed by atoms with E-state index in [0.29, 0.717) is 45.6 Å². The van der Waals surface area contributed by atoms with E-state index in [1.807, 2.05) is 21.9 Å². The number of methoxy groups -OCH3 is 1. The Morgan fingerprint density at radius 3 is 2.33 bits per heavy atom. The molecule has 1 aromatic heterocycles. The number of hydrogen-bond donors (Lipinski definition) is 0. The van der Waals surface area contributed by atoms with Crippen LogP contribution in [0.4, 0.5) is 4.79 Å². The second kappa shape index (κ2) is 8.49. The van der Waals surface area contributed by atoms with E-state index in [4.69, 9.17) is 0 Å². The van der Waals surface area contributed by atoms with Gasteiger partial charge in [0.2, 0.25) is 11.8 Å². The zero-order valence-electron chi connectivity index (χ0n) is 17.3. The molecule has 0 atom stereocenters. The van der Waals surface area contributed by atoms with Gasteiger partial charge in [0.05, 0.1) is 13.7 Å². The minimum absolute atomic E-state index is 0.0313. The summed E-state index contributed by atoms with van der Waals surface area (Å²) >= 11 is 0. The van der Waals surface area contributed by atoms with Crippen LogP contribution in [0.2, 0.25) is 0 Å². The molecule has 0 aromatic carbocycles. The molecule has 0 N–H and O–H groups in total. The number of rotatable bonds is 4. The van der Waals surface area contributed by atoms with Crippen molar-refractivity contribution in [2.24, 2.45) is 5.92 Å². The normalized spacial score (nSPS) is 20.4. The van der Waals surface area contributed by atoms with Gasteiger partial charge in [-0.3, -0.25) is 19.0 Å². The van der Waals surface area contributed by atoms with Gasteiger partial charge in [0.1, 0.15) is 6.42 Å². The molecule has 0 aliphatic carbocycles. The van der Waals surface area contributed by atoms with Gasteiger partial charge < -0.3 is 19.4 Å². The van der Waals surface area contributed by atoms with Gasteiger partial charge in [-0.05, 0) is 37.8 Å². The first-order valence-electron chi connectivity index (χ1n) is 10.6. The number of hydrogen-bond acceptors (Lipinski definition) is 5. The van der Waals surface area contributed by atoms with Crippen LogP contribution in [0.15, 0.2) is 18.3 Å². The van der Waals surface area contributed by atoms with Crippen LogP contribution in [0, 0.1) is 5.92 Å². The third-order valence-electron chi connectivity index (χ3n) is 6.55. The van der Waals surface area contributed by atoms with E-state index in [2.05, 4.69) is 4.74 Å². The molecule has 162 valence electrons. The fraction of sp³-hybridized carbons (Fsp3) is 0.619. The molecule has 0 bridgehead atoms. The van der Waals surface area contributed by atoms with Crippen molar-refractivity contribution in [1.29, 1.82) is 0 Å². The standard InChI is InChI=1S/C21H28N4O5/c1-30-19(27)13-18(26)22-9-4-15(5-10-22)20(28)23-11-6-16(7-12-23)25-14-17-3-2-8-24(17)21(25)29/h2-3,8,15-16H,4-7,9-14H2,1H3. The Labute approximate surface area is 175 Å². The SMILES string of the molecule is COC(=O)CC(=O)N1CCC(C(=O)N2CCC(N3Cc4cccn4C3=O)CC2)CC1. The molecule has 30 heavy (non-hydrogen) atoms. The average molecular weight is 416 g/mol. The number of fused-ring (bicyclic) bond motifs is 1. The maximum atomic E-state index is 12.9. The number of aromatic nitrogens is 1. The lowest BCUT2D eigenvalue weighted by molar-refractivity contribution is -0.149. The van der Waals surface area contributed by atoms with Crippen LogP contribution in [0.1, 0.15) is 37.8 Å². The van der Waals surface area contributed by atoms with Crippen molar-refractivity contribution in [2.45, 2.75) is 44.7 Å². The summed E-state index contributed by atoms with van der Waals surface area (Å²) in [6, 6.07) is 4.06. The van der Waals surface area contributed by atoms with Crippen molar-refractivity contribution in [3.63, 3.8) is 0 Å². The van der Waals surface area contributed by atoms with Gasteiger partial charge in [0.25, 0.3) is 0 Å². The molecule has 9 nitrogen and oxygen atoms in total. The van der Waals surface area contributed by atoms with E-state index in [1.165, 1.54) is 7.11 Å². The summed E-state index contributed by atoms with van der Waals surface area (Å²) in [5.41, 5.74) is 1.02. The summed E-state index contributed by atoms with van der Waals surface area (Å²) in [4.78, 5) is 54.3. The Balaban J connectivity index is 1.23. The molecule has 4 heterocycles. The highest BCUT2D eigenvalue weighted by Crippen LogP contribution is 2.27. The average Bonchev–Trinajstić information content (AvgIpc) is 3.36. The maximum absolute atomic E-state index is 12.9. The minimum Gasteiger partial charge on any atom is -0.469 e. The molecule has 2 saturated heterocycles. The Morgan fingerprint density at radius 1 is 1.03 bits per heavy atom. The van der Waals surface area contributed by atoms with Gasteiger partial charge in [-0.15, -0.1) is 0 Å².